The molecular weight excluding hydrogens is 148 g/mol. The molecule has 0 bridgehead atoms. The summed E-state index contributed by atoms with van der Waals surface area (Å²) in [4.78, 5) is 2.37. The number of nitrogens with two attached hydrogens (primary N) is 1. The van der Waals surface area contributed by atoms with Crippen molar-refractivity contribution in [2.45, 2.75) is 58.7 Å². The maximum absolute atomic E-state index is 5.83. The summed E-state index contributed by atoms with van der Waals surface area (Å²) in [6, 6.07) is 1.39. The number of rotatable bonds is 5. The Bertz CT molecular complexity index is 112. The zero-order valence-electron chi connectivity index (χ0n) is 9.17. The smallest absolute Gasteiger partial charge is 0.0215 e. The highest BCUT2D eigenvalue weighted by Crippen LogP contribution is 2.09. The minimum absolute atomic E-state index is 0.259. The second-order valence-corrected chi connectivity index (χ2v) is 3.90. The second kappa shape index (κ2) is 5.55. The fourth-order valence-electron chi connectivity index (χ4n) is 1.39. The van der Waals surface area contributed by atoms with Gasteiger partial charge in [0.25, 0.3) is 0 Å². The fourth-order valence-corrected chi connectivity index (χ4v) is 1.39. The zero-order chi connectivity index (χ0) is 9.72. The molecule has 2 N–H and O–H groups in total. The predicted octanol–water partition coefficient (Wildman–Crippen LogP) is 1.84. The molecule has 12 heavy (non-hydrogen) atoms. The molecule has 0 spiro atoms. The average Bonchev–Trinajstić information content (AvgIpc) is 2.02. The Kier molecular flexibility index (Phi) is 5.51. The van der Waals surface area contributed by atoms with Crippen LogP contribution in [0.3, 0.4) is 0 Å². The van der Waals surface area contributed by atoms with E-state index in [4.69, 9.17) is 5.73 Å². The molecule has 0 aromatic carbocycles. The topological polar surface area (TPSA) is 29.3 Å². The highest BCUT2D eigenvalue weighted by Gasteiger charge is 2.17. The van der Waals surface area contributed by atoms with Gasteiger partial charge in [0, 0.05) is 18.1 Å². The van der Waals surface area contributed by atoms with E-state index in [0.29, 0.717) is 12.1 Å². The maximum Gasteiger partial charge on any atom is 0.0215 e. The molecule has 3 atom stereocenters. The van der Waals surface area contributed by atoms with Crippen LogP contribution in [0.1, 0.15) is 40.5 Å². The summed E-state index contributed by atoms with van der Waals surface area (Å²) in [5.74, 6) is 0. The molecule has 0 heterocycles. The summed E-state index contributed by atoms with van der Waals surface area (Å²) < 4.78 is 0. The van der Waals surface area contributed by atoms with E-state index < -0.39 is 0 Å². The van der Waals surface area contributed by atoms with E-state index in [2.05, 4.69) is 39.6 Å². The van der Waals surface area contributed by atoms with Crippen LogP contribution >= 0.6 is 0 Å². The molecule has 2 nitrogen and oxygen atoms in total. The summed E-state index contributed by atoms with van der Waals surface area (Å²) in [6.45, 7) is 8.75. The van der Waals surface area contributed by atoms with Gasteiger partial charge in [0.05, 0.1) is 0 Å². The second-order valence-electron chi connectivity index (χ2n) is 3.90. The largest absolute Gasteiger partial charge is 0.327 e. The Hall–Kier alpha value is -0.0800. The van der Waals surface area contributed by atoms with Crippen LogP contribution in [0, 0.1) is 0 Å². The van der Waals surface area contributed by atoms with Crippen molar-refractivity contribution < 1.29 is 0 Å². The van der Waals surface area contributed by atoms with Gasteiger partial charge in [-0.15, -0.1) is 0 Å². The van der Waals surface area contributed by atoms with Crippen LogP contribution in [0.5, 0.6) is 0 Å². The molecule has 0 rings (SSSR count). The highest BCUT2D eigenvalue weighted by molar-refractivity contribution is 4.76. The molecule has 0 aliphatic rings. The number of hydrogen-bond donors (Lipinski definition) is 1. The number of likely N-dealkylation sites (N-methyl/N-ethyl adjacent to an activating group) is 1. The molecule has 0 aliphatic heterocycles. The third kappa shape index (κ3) is 3.55. The summed E-state index contributed by atoms with van der Waals surface area (Å²) in [7, 11) is 2.16. The lowest BCUT2D eigenvalue weighted by Crippen LogP contribution is -2.46. The van der Waals surface area contributed by atoms with Crippen molar-refractivity contribution in [3.8, 4) is 0 Å². The van der Waals surface area contributed by atoms with Crippen molar-refractivity contribution in [1.82, 2.24) is 4.90 Å². The number of nitrogens with zero attached hydrogens (tertiary/aromatic N) is 1. The van der Waals surface area contributed by atoms with Crippen LogP contribution in [0.25, 0.3) is 0 Å². The van der Waals surface area contributed by atoms with Crippen molar-refractivity contribution in [2.75, 3.05) is 7.05 Å². The predicted molar refractivity (Wildman–Crippen MR) is 55.2 cm³/mol. The Morgan fingerprint density at radius 1 is 1.25 bits per heavy atom. The van der Waals surface area contributed by atoms with Gasteiger partial charge in [0.1, 0.15) is 0 Å². The van der Waals surface area contributed by atoms with Crippen LogP contribution in [-0.2, 0) is 0 Å². The van der Waals surface area contributed by atoms with E-state index in [9.17, 15) is 0 Å². The van der Waals surface area contributed by atoms with E-state index in [1.165, 1.54) is 12.8 Å². The van der Waals surface area contributed by atoms with Crippen molar-refractivity contribution in [2.24, 2.45) is 5.73 Å². The molecular formula is C10H24N2. The third-order valence-electron chi connectivity index (χ3n) is 2.81. The molecule has 2 heteroatoms. The Balaban J connectivity index is 3.90. The minimum atomic E-state index is 0.259. The zero-order valence-corrected chi connectivity index (χ0v) is 9.17. The lowest BCUT2D eigenvalue weighted by molar-refractivity contribution is 0.169. The van der Waals surface area contributed by atoms with E-state index in [0.717, 1.165) is 0 Å². The Morgan fingerprint density at radius 2 is 1.75 bits per heavy atom. The molecule has 0 saturated heterocycles. The van der Waals surface area contributed by atoms with Gasteiger partial charge >= 0.3 is 0 Å². The minimum Gasteiger partial charge on any atom is -0.327 e. The molecule has 0 amide bonds. The standard InChI is InChI=1S/C10H24N2/c1-6-7-8(2)12(5)10(4)9(3)11/h8-10H,6-7,11H2,1-5H3. The summed E-state index contributed by atoms with van der Waals surface area (Å²) in [6.07, 6.45) is 2.50. The van der Waals surface area contributed by atoms with Gasteiger partial charge in [-0.3, -0.25) is 4.90 Å². The van der Waals surface area contributed by atoms with Gasteiger partial charge in [-0.05, 0) is 34.2 Å². The maximum atomic E-state index is 5.83. The third-order valence-corrected chi connectivity index (χ3v) is 2.81. The average molecular weight is 172 g/mol. The fraction of sp³-hybridized carbons (Fsp3) is 1.00. The van der Waals surface area contributed by atoms with Crippen molar-refractivity contribution >= 4 is 0 Å². The summed E-state index contributed by atoms with van der Waals surface area (Å²) in [5, 5.41) is 0. The summed E-state index contributed by atoms with van der Waals surface area (Å²) in [5.41, 5.74) is 5.83. The van der Waals surface area contributed by atoms with E-state index >= 15 is 0 Å². The Morgan fingerprint density at radius 3 is 2.08 bits per heavy atom. The van der Waals surface area contributed by atoms with Crippen LogP contribution in [-0.4, -0.2) is 30.1 Å². The molecule has 0 fully saturated rings. The first-order valence-electron chi connectivity index (χ1n) is 4.98. The molecule has 0 saturated carbocycles. The monoisotopic (exact) mass is 172 g/mol. The molecule has 74 valence electrons. The van der Waals surface area contributed by atoms with Crippen LogP contribution in [0.15, 0.2) is 0 Å². The van der Waals surface area contributed by atoms with Crippen LogP contribution in [0.4, 0.5) is 0 Å². The first-order valence-corrected chi connectivity index (χ1v) is 4.98. The van der Waals surface area contributed by atoms with Gasteiger partial charge in [-0.2, -0.15) is 0 Å². The first-order chi connectivity index (χ1) is 5.50. The van der Waals surface area contributed by atoms with Crippen molar-refractivity contribution in [3.63, 3.8) is 0 Å². The van der Waals surface area contributed by atoms with Crippen LogP contribution in [0.2, 0.25) is 0 Å². The molecule has 0 aromatic heterocycles. The molecule has 3 unspecified atom stereocenters. The van der Waals surface area contributed by atoms with Crippen molar-refractivity contribution in [3.05, 3.63) is 0 Å². The van der Waals surface area contributed by atoms with Gasteiger partial charge < -0.3 is 5.73 Å². The van der Waals surface area contributed by atoms with Gasteiger partial charge in [0.15, 0.2) is 0 Å². The van der Waals surface area contributed by atoms with Gasteiger partial charge in [-0.25, -0.2) is 0 Å². The van der Waals surface area contributed by atoms with E-state index in [-0.39, 0.29) is 6.04 Å². The highest BCUT2D eigenvalue weighted by atomic mass is 15.2. The lowest BCUT2D eigenvalue weighted by atomic mass is 10.1. The molecule has 0 aliphatic carbocycles. The van der Waals surface area contributed by atoms with E-state index in [1.807, 2.05) is 0 Å². The van der Waals surface area contributed by atoms with Gasteiger partial charge in [-0.1, -0.05) is 13.3 Å². The summed E-state index contributed by atoms with van der Waals surface area (Å²) >= 11 is 0. The molecule has 0 aromatic rings. The SMILES string of the molecule is CCCC(C)N(C)C(C)C(C)N. The first kappa shape index (κ1) is 11.9. The Labute approximate surface area is 77.1 Å². The number of hydrogen-bond acceptors (Lipinski definition) is 2. The van der Waals surface area contributed by atoms with Crippen LogP contribution < -0.4 is 5.73 Å². The quantitative estimate of drug-likeness (QED) is 0.685. The molecule has 0 radical (unpaired) electrons. The normalized spacial score (nSPS) is 19.2. The van der Waals surface area contributed by atoms with Gasteiger partial charge in [0.2, 0.25) is 0 Å². The lowest BCUT2D eigenvalue weighted by Gasteiger charge is -2.32. The van der Waals surface area contributed by atoms with E-state index in [1.54, 1.807) is 0 Å². The van der Waals surface area contributed by atoms with Crippen molar-refractivity contribution in [1.29, 1.82) is 0 Å².